The molecule has 0 aromatic heterocycles. The Morgan fingerprint density at radius 2 is 1.77 bits per heavy atom. The Morgan fingerprint density at radius 1 is 1.23 bits per heavy atom. The van der Waals surface area contributed by atoms with Gasteiger partial charge in [0.05, 0.1) is 13.0 Å². The van der Waals surface area contributed by atoms with Crippen molar-refractivity contribution in [1.82, 2.24) is 10.6 Å². The number of amides is 2. The Balaban J connectivity index is 3.37. The predicted molar refractivity (Wildman–Crippen MR) is 39.2 cm³/mol. The van der Waals surface area contributed by atoms with Gasteiger partial charge in [-0.05, 0) is 0 Å². The van der Waals surface area contributed by atoms with Crippen molar-refractivity contribution in [3.63, 3.8) is 0 Å². The van der Waals surface area contributed by atoms with Crippen molar-refractivity contribution in [2.24, 2.45) is 0 Å². The van der Waals surface area contributed by atoms with Crippen LogP contribution in [0.3, 0.4) is 0 Å². The third-order valence-corrected chi connectivity index (χ3v) is 1.09. The largest absolute Gasteiger partial charge is 0.395 e. The molecule has 7 heteroatoms. The molecule has 0 atom stereocenters. The van der Waals surface area contributed by atoms with Crippen molar-refractivity contribution in [1.29, 1.82) is 0 Å². The van der Waals surface area contributed by atoms with Gasteiger partial charge in [-0.25, -0.2) is 4.79 Å². The number of alkyl halides is 3. The van der Waals surface area contributed by atoms with E-state index in [4.69, 9.17) is 5.11 Å². The lowest BCUT2D eigenvalue weighted by Crippen LogP contribution is -2.38. The van der Waals surface area contributed by atoms with Crippen LogP contribution in [0.4, 0.5) is 18.0 Å². The molecule has 0 spiro atoms. The highest BCUT2D eigenvalue weighted by Crippen LogP contribution is 2.17. The third-order valence-electron chi connectivity index (χ3n) is 1.09. The molecule has 3 N–H and O–H groups in total. The van der Waals surface area contributed by atoms with E-state index in [1.165, 1.54) is 0 Å². The monoisotopic (exact) mass is 200 g/mol. The summed E-state index contributed by atoms with van der Waals surface area (Å²) in [5.74, 6) is 0. The summed E-state index contributed by atoms with van der Waals surface area (Å²) in [6, 6.07) is -0.710. The minimum absolute atomic E-state index is 0.0256. The molecular formula is C6H11F3N2O2. The van der Waals surface area contributed by atoms with Gasteiger partial charge < -0.3 is 15.7 Å². The Hall–Kier alpha value is -0.980. The maximum absolute atomic E-state index is 11.5. The van der Waals surface area contributed by atoms with Crippen LogP contribution in [0, 0.1) is 0 Å². The second-order valence-electron chi connectivity index (χ2n) is 2.27. The van der Waals surface area contributed by atoms with Gasteiger partial charge >= 0.3 is 12.2 Å². The van der Waals surface area contributed by atoms with Crippen LogP contribution in [-0.2, 0) is 0 Å². The highest BCUT2D eigenvalue weighted by Gasteiger charge is 2.26. The molecule has 2 amide bonds. The topological polar surface area (TPSA) is 61.4 Å². The molecule has 0 saturated carbocycles. The van der Waals surface area contributed by atoms with Crippen molar-refractivity contribution in [2.45, 2.75) is 12.6 Å². The zero-order valence-corrected chi connectivity index (χ0v) is 6.82. The molecule has 0 aliphatic rings. The van der Waals surface area contributed by atoms with Gasteiger partial charge in [-0.15, -0.1) is 0 Å². The van der Waals surface area contributed by atoms with E-state index in [0.29, 0.717) is 0 Å². The molecule has 0 aliphatic heterocycles. The first-order valence-electron chi connectivity index (χ1n) is 3.65. The molecule has 0 aromatic carbocycles. The number of rotatable bonds is 4. The second-order valence-corrected chi connectivity index (χ2v) is 2.27. The van der Waals surface area contributed by atoms with E-state index in [-0.39, 0.29) is 13.2 Å². The summed E-state index contributed by atoms with van der Waals surface area (Å²) in [6.07, 6.45) is -5.32. The Bertz CT molecular complexity index is 160. The molecule has 13 heavy (non-hydrogen) atoms. The number of hydrogen-bond donors (Lipinski definition) is 3. The fourth-order valence-electron chi connectivity index (χ4n) is 0.550. The molecule has 0 rings (SSSR count). The lowest BCUT2D eigenvalue weighted by Gasteiger charge is -2.08. The van der Waals surface area contributed by atoms with Crippen LogP contribution in [0.1, 0.15) is 6.42 Å². The van der Waals surface area contributed by atoms with Gasteiger partial charge in [0.2, 0.25) is 0 Å². The average molecular weight is 200 g/mol. The molecule has 0 saturated heterocycles. The van der Waals surface area contributed by atoms with Gasteiger partial charge in [0.15, 0.2) is 0 Å². The van der Waals surface area contributed by atoms with Crippen LogP contribution in [0.25, 0.3) is 0 Å². The summed E-state index contributed by atoms with van der Waals surface area (Å²) in [5, 5.41) is 12.4. The van der Waals surface area contributed by atoms with Crippen LogP contribution >= 0.6 is 0 Å². The average Bonchev–Trinajstić information content (AvgIpc) is 1.98. The van der Waals surface area contributed by atoms with Gasteiger partial charge in [-0.3, -0.25) is 0 Å². The first-order valence-corrected chi connectivity index (χ1v) is 3.65. The highest BCUT2D eigenvalue weighted by atomic mass is 19.4. The fourth-order valence-corrected chi connectivity index (χ4v) is 0.550. The fraction of sp³-hybridized carbons (Fsp3) is 0.833. The van der Waals surface area contributed by atoms with Crippen molar-refractivity contribution in [3.05, 3.63) is 0 Å². The molecule has 4 nitrogen and oxygen atoms in total. The lowest BCUT2D eigenvalue weighted by atomic mass is 10.4. The number of aliphatic hydroxyl groups is 1. The van der Waals surface area contributed by atoms with Gasteiger partial charge in [0, 0.05) is 13.1 Å². The molecule has 0 heterocycles. The molecule has 0 aliphatic carbocycles. The standard InChI is InChI=1S/C6H11F3N2O2/c7-6(8,9)1-2-10-5(13)11-3-4-12/h12H,1-4H2,(H2,10,11,13). The van der Waals surface area contributed by atoms with Gasteiger partial charge in [0.25, 0.3) is 0 Å². The number of hydrogen-bond acceptors (Lipinski definition) is 2. The molecule has 0 bridgehead atoms. The molecular weight excluding hydrogens is 189 g/mol. The van der Waals surface area contributed by atoms with E-state index in [1.54, 1.807) is 0 Å². The maximum Gasteiger partial charge on any atom is 0.390 e. The normalized spacial score (nSPS) is 11.1. The van der Waals surface area contributed by atoms with E-state index in [0.717, 1.165) is 0 Å². The number of nitrogens with one attached hydrogen (secondary N) is 2. The number of aliphatic hydroxyl groups excluding tert-OH is 1. The first kappa shape index (κ1) is 12.0. The van der Waals surface area contributed by atoms with E-state index in [2.05, 4.69) is 5.32 Å². The van der Waals surface area contributed by atoms with Crippen molar-refractivity contribution >= 4 is 6.03 Å². The number of halogens is 3. The molecule has 0 unspecified atom stereocenters. The predicted octanol–water partition coefficient (Wildman–Crippen LogP) is 0.230. The Kier molecular flexibility index (Phi) is 5.20. The smallest absolute Gasteiger partial charge is 0.390 e. The van der Waals surface area contributed by atoms with E-state index in [1.807, 2.05) is 5.32 Å². The summed E-state index contributed by atoms with van der Waals surface area (Å²) in [7, 11) is 0. The van der Waals surface area contributed by atoms with E-state index in [9.17, 15) is 18.0 Å². The van der Waals surface area contributed by atoms with Crippen LogP contribution in [0.5, 0.6) is 0 Å². The van der Waals surface area contributed by atoms with Crippen LogP contribution in [-0.4, -0.2) is 37.0 Å². The van der Waals surface area contributed by atoms with Crippen molar-refractivity contribution < 1.29 is 23.1 Å². The SMILES string of the molecule is O=C(NCCO)NCCC(F)(F)F. The Morgan fingerprint density at radius 3 is 2.23 bits per heavy atom. The maximum atomic E-state index is 11.5. The quantitative estimate of drug-likeness (QED) is 0.608. The molecule has 0 radical (unpaired) electrons. The third kappa shape index (κ3) is 8.93. The minimum Gasteiger partial charge on any atom is -0.395 e. The summed E-state index contributed by atoms with van der Waals surface area (Å²) in [4.78, 5) is 10.6. The lowest BCUT2D eigenvalue weighted by molar-refractivity contribution is -0.132. The summed E-state index contributed by atoms with van der Waals surface area (Å²) in [6.45, 7) is -0.675. The number of carbonyl (C=O) groups is 1. The van der Waals surface area contributed by atoms with Gasteiger partial charge in [-0.2, -0.15) is 13.2 Å². The van der Waals surface area contributed by atoms with Crippen LogP contribution in [0.15, 0.2) is 0 Å². The molecule has 78 valence electrons. The second kappa shape index (κ2) is 5.63. The summed E-state index contributed by atoms with van der Waals surface area (Å²) < 4.78 is 34.6. The zero-order chi connectivity index (χ0) is 10.3. The summed E-state index contributed by atoms with van der Waals surface area (Å²) >= 11 is 0. The van der Waals surface area contributed by atoms with E-state index >= 15 is 0 Å². The van der Waals surface area contributed by atoms with Crippen molar-refractivity contribution in [2.75, 3.05) is 19.7 Å². The number of carbonyl (C=O) groups excluding carboxylic acids is 1. The first-order chi connectivity index (χ1) is 5.95. The van der Waals surface area contributed by atoms with Crippen LogP contribution < -0.4 is 10.6 Å². The van der Waals surface area contributed by atoms with Crippen LogP contribution in [0.2, 0.25) is 0 Å². The molecule has 0 aromatic rings. The number of urea groups is 1. The zero-order valence-electron chi connectivity index (χ0n) is 6.82. The highest BCUT2D eigenvalue weighted by molar-refractivity contribution is 5.73. The molecule has 0 fully saturated rings. The van der Waals surface area contributed by atoms with Crippen molar-refractivity contribution in [3.8, 4) is 0 Å². The summed E-state index contributed by atoms with van der Waals surface area (Å²) in [5.41, 5.74) is 0. The minimum atomic E-state index is -4.26. The van der Waals surface area contributed by atoms with E-state index < -0.39 is 25.2 Å². The Labute approximate surface area is 73.1 Å². The van der Waals surface area contributed by atoms with Gasteiger partial charge in [0.1, 0.15) is 0 Å². The van der Waals surface area contributed by atoms with Gasteiger partial charge in [-0.1, -0.05) is 0 Å².